The van der Waals surface area contributed by atoms with Gasteiger partial charge in [-0.05, 0) is 49.4 Å². The van der Waals surface area contributed by atoms with Crippen molar-refractivity contribution < 1.29 is 14.5 Å². The third-order valence-electron chi connectivity index (χ3n) is 4.87. The summed E-state index contributed by atoms with van der Waals surface area (Å²) < 4.78 is 5.18. The quantitative estimate of drug-likeness (QED) is 0.555. The SMILES string of the molecule is COc1ccc(CN(C(=O)c2cccc([N+](=O)[O-])c2)[C@H](C)C2CC2)cc1. The Balaban J connectivity index is 1.86. The number of benzene rings is 2. The van der Waals surface area contributed by atoms with Gasteiger partial charge in [-0.3, -0.25) is 14.9 Å². The number of rotatable bonds is 7. The van der Waals surface area contributed by atoms with E-state index in [2.05, 4.69) is 6.92 Å². The van der Waals surface area contributed by atoms with Gasteiger partial charge in [-0.15, -0.1) is 0 Å². The van der Waals surface area contributed by atoms with Crippen LogP contribution in [-0.2, 0) is 6.54 Å². The van der Waals surface area contributed by atoms with Crippen LogP contribution < -0.4 is 4.74 Å². The first kappa shape index (κ1) is 17.9. The van der Waals surface area contributed by atoms with E-state index in [4.69, 9.17) is 4.74 Å². The van der Waals surface area contributed by atoms with Gasteiger partial charge in [0.2, 0.25) is 0 Å². The summed E-state index contributed by atoms with van der Waals surface area (Å²) in [6.07, 6.45) is 2.23. The van der Waals surface area contributed by atoms with Crippen molar-refractivity contribution in [2.75, 3.05) is 7.11 Å². The molecule has 6 heteroatoms. The first-order chi connectivity index (χ1) is 12.5. The average molecular weight is 354 g/mol. The number of nitro groups is 1. The Morgan fingerprint density at radius 3 is 2.54 bits per heavy atom. The van der Waals surface area contributed by atoms with Crippen molar-refractivity contribution in [1.82, 2.24) is 4.90 Å². The molecule has 2 aromatic carbocycles. The van der Waals surface area contributed by atoms with Gasteiger partial charge in [0.1, 0.15) is 5.75 Å². The fraction of sp³-hybridized carbons (Fsp3) is 0.350. The highest BCUT2D eigenvalue weighted by Gasteiger charge is 2.34. The molecule has 26 heavy (non-hydrogen) atoms. The molecule has 0 spiro atoms. The molecule has 0 radical (unpaired) electrons. The number of carbonyl (C=O) groups excluding carboxylic acids is 1. The molecule has 0 unspecified atom stereocenters. The Kier molecular flexibility index (Phi) is 5.21. The van der Waals surface area contributed by atoms with Gasteiger partial charge in [0.25, 0.3) is 11.6 Å². The lowest BCUT2D eigenvalue weighted by Gasteiger charge is -2.30. The summed E-state index contributed by atoms with van der Waals surface area (Å²) in [7, 11) is 1.61. The van der Waals surface area contributed by atoms with Crippen LogP contribution in [0.4, 0.5) is 5.69 Å². The van der Waals surface area contributed by atoms with Crippen molar-refractivity contribution in [3.05, 3.63) is 69.8 Å². The molecule has 0 heterocycles. The molecule has 1 aliphatic carbocycles. The van der Waals surface area contributed by atoms with E-state index in [1.54, 1.807) is 19.2 Å². The van der Waals surface area contributed by atoms with E-state index in [1.807, 2.05) is 29.2 Å². The largest absolute Gasteiger partial charge is 0.497 e. The Labute approximate surface area is 152 Å². The highest BCUT2D eigenvalue weighted by atomic mass is 16.6. The lowest BCUT2D eigenvalue weighted by atomic mass is 10.1. The molecule has 136 valence electrons. The molecule has 1 fully saturated rings. The molecule has 0 aromatic heterocycles. The zero-order valence-corrected chi connectivity index (χ0v) is 14.9. The van der Waals surface area contributed by atoms with Gasteiger partial charge in [0.05, 0.1) is 12.0 Å². The summed E-state index contributed by atoms with van der Waals surface area (Å²) in [5.74, 6) is 1.08. The predicted octanol–water partition coefficient (Wildman–Crippen LogP) is 4.04. The molecule has 1 saturated carbocycles. The zero-order valence-electron chi connectivity index (χ0n) is 14.9. The first-order valence-corrected chi connectivity index (χ1v) is 8.68. The number of ether oxygens (including phenoxy) is 1. The Morgan fingerprint density at radius 1 is 1.27 bits per heavy atom. The molecule has 0 N–H and O–H groups in total. The Bertz CT molecular complexity index is 800. The number of carbonyl (C=O) groups is 1. The summed E-state index contributed by atoms with van der Waals surface area (Å²) in [4.78, 5) is 25.5. The minimum absolute atomic E-state index is 0.0701. The van der Waals surface area contributed by atoms with Crippen molar-refractivity contribution >= 4 is 11.6 Å². The number of methoxy groups -OCH3 is 1. The van der Waals surface area contributed by atoms with Gasteiger partial charge in [-0.25, -0.2) is 0 Å². The van der Waals surface area contributed by atoms with Crippen LogP contribution in [0.25, 0.3) is 0 Å². The molecular formula is C20H22N2O4. The van der Waals surface area contributed by atoms with Gasteiger partial charge in [0, 0.05) is 30.3 Å². The molecular weight excluding hydrogens is 332 g/mol. The second-order valence-electron chi connectivity index (χ2n) is 6.67. The van der Waals surface area contributed by atoms with E-state index in [0.717, 1.165) is 24.2 Å². The van der Waals surface area contributed by atoms with Crippen LogP contribution in [0.1, 0.15) is 35.7 Å². The van der Waals surface area contributed by atoms with Crippen LogP contribution in [0.3, 0.4) is 0 Å². The Morgan fingerprint density at radius 2 is 1.96 bits per heavy atom. The number of non-ortho nitro benzene ring substituents is 1. The van der Waals surface area contributed by atoms with Crippen LogP contribution in [0.15, 0.2) is 48.5 Å². The fourth-order valence-electron chi connectivity index (χ4n) is 3.08. The lowest BCUT2D eigenvalue weighted by molar-refractivity contribution is -0.384. The third kappa shape index (κ3) is 4.02. The third-order valence-corrected chi connectivity index (χ3v) is 4.87. The second-order valence-corrected chi connectivity index (χ2v) is 6.67. The first-order valence-electron chi connectivity index (χ1n) is 8.68. The predicted molar refractivity (Wildman–Crippen MR) is 98.1 cm³/mol. The van der Waals surface area contributed by atoms with Crippen molar-refractivity contribution in [1.29, 1.82) is 0 Å². The topological polar surface area (TPSA) is 72.7 Å². The van der Waals surface area contributed by atoms with Crippen LogP contribution in [-0.4, -0.2) is 28.9 Å². The molecule has 0 bridgehead atoms. The maximum Gasteiger partial charge on any atom is 0.270 e. The smallest absolute Gasteiger partial charge is 0.270 e. The molecule has 6 nitrogen and oxygen atoms in total. The summed E-state index contributed by atoms with van der Waals surface area (Å²) >= 11 is 0. The number of nitrogens with zero attached hydrogens (tertiary/aromatic N) is 2. The summed E-state index contributed by atoms with van der Waals surface area (Å²) in [6.45, 7) is 2.51. The number of hydrogen-bond donors (Lipinski definition) is 0. The summed E-state index contributed by atoms with van der Waals surface area (Å²) in [6, 6.07) is 13.6. The van der Waals surface area contributed by atoms with E-state index in [1.165, 1.54) is 12.1 Å². The Hall–Kier alpha value is -2.89. The lowest BCUT2D eigenvalue weighted by Crippen LogP contribution is -2.39. The van der Waals surface area contributed by atoms with Gasteiger partial charge in [-0.2, -0.15) is 0 Å². The summed E-state index contributed by atoms with van der Waals surface area (Å²) in [5.41, 5.74) is 1.27. The molecule has 1 atom stereocenters. The maximum atomic E-state index is 13.1. The second kappa shape index (κ2) is 7.56. The minimum Gasteiger partial charge on any atom is -0.497 e. The normalized spacial score (nSPS) is 14.5. The molecule has 3 rings (SSSR count). The number of hydrogen-bond acceptors (Lipinski definition) is 4. The highest BCUT2D eigenvalue weighted by Crippen LogP contribution is 2.36. The van der Waals surface area contributed by atoms with Gasteiger partial charge < -0.3 is 9.64 Å². The molecule has 0 saturated heterocycles. The average Bonchev–Trinajstić information content (AvgIpc) is 3.51. The van der Waals surface area contributed by atoms with Crippen molar-refractivity contribution in [3.63, 3.8) is 0 Å². The highest BCUT2D eigenvalue weighted by molar-refractivity contribution is 5.95. The standard InChI is InChI=1S/C20H22N2O4/c1-14(16-8-9-16)21(13-15-6-10-19(26-2)11-7-15)20(23)17-4-3-5-18(12-17)22(24)25/h3-7,10-12,14,16H,8-9,13H2,1-2H3/t14-/m1/s1. The van der Waals surface area contributed by atoms with E-state index in [-0.39, 0.29) is 17.6 Å². The van der Waals surface area contributed by atoms with E-state index in [0.29, 0.717) is 18.0 Å². The van der Waals surface area contributed by atoms with Crippen LogP contribution >= 0.6 is 0 Å². The van der Waals surface area contributed by atoms with Gasteiger partial charge >= 0.3 is 0 Å². The zero-order chi connectivity index (χ0) is 18.7. The molecule has 0 aliphatic heterocycles. The van der Waals surface area contributed by atoms with Crippen LogP contribution in [0.2, 0.25) is 0 Å². The van der Waals surface area contributed by atoms with Gasteiger partial charge in [-0.1, -0.05) is 18.2 Å². The minimum atomic E-state index is -0.477. The van der Waals surface area contributed by atoms with E-state index < -0.39 is 4.92 Å². The van der Waals surface area contributed by atoms with Crippen LogP contribution in [0.5, 0.6) is 5.75 Å². The van der Waals surface area contributed by atoms with Crippen molar-refractivity contribution in [2.45, 2.75) is 32.4 Å². The van der Waals surface area contributed by atoms with Crippen molar-refractivity contribution in [2.24, 2.45) is 5.92 Å². The van der Waals surface area contributed by atoms with Crippen molar-refractivity contribution in [3.8, 4) is 5.75 Å². The fourth-order valence-corrected chi connectivity index (χ4v) is 3.08. The molecule has 1 aliphatic rings. The number of amides is 1. The maximum absolute atomic E-state index is 13.1. The van der Waals surface area contributed by atoms with E-state index in [9.17, 15) is 14.9 Å². The summed E-state index contributed by atoms with van der Waals surface area (Å²) in [5, 5.41) is 11.0. The number of nitro benzene ring substituents is 1. The monoisotopic (exact) mass is 354 g/mol. The molecule has 2 aromatic rings. The van der Waals surface area contributed by atoms with Gasteiger partial charge in [0.15, 0.2) is 0 Å². The van der Waals surface area contributed by atoms with E-state index >= 15 is 0 Å². The molecule has 1 amide bonds. The van der Waals surface area contributed by atoms with Crippen LogP contribution in [0, 0.1) is 16.0 Å².